The van der Waals surface area contributed by atoms with E-state index >= 15 is 0 Å². The maximum absolute atomic E-state index is 2.47. The van der Waals surface area contributed by atoms with Crippen molar-refractivity contribution in [3.63, 3.8) is 0 Å². The first-order valence-corrected chi connectivity index (χ1v) is 30.6. The third-order valence-electron chi connectivity index (χ3n) is 22.3. The van der Waals surface area contributed by atoms with Crippen molar-refractivity contribution in [1.82, 2.24) is 0 Å². The van der Waals surface area contributed by atoms with Crippen LogP contribution in [0.2, 0.25) is 0 Å². The second kappa shape index (κ2) is 33.7. The van der Waals surface area contributed by atoms with Crippen LogP contribution in [-0.2, 0) is 0 Å². The van der Waals surface area contributed by atoms with E-state index in [1.165, 1.54) is 103 Å². The minimum Gasteiger partial charge on any atom is -0.0776 e. The second-order valence-electron chi connectivity index (χ2n) is 27.5. The molecule has 0 bridgehead atoms. The summed E-state index contributed by atoms with van der Waals surface area (Å²) in [4.78, 5) is 0. The Morgan fingerprint density at radius 2 is 0.265 bits per heavy atom. The largest absolute Gasteiger partial charge is 0.0776 e. The fourth-order valence-corrected chi connectivity index (χ4v) is 17.1. The third-order valence-corrected chi connectivity index (χ3v) is 22.3. The Hall–Kier alpha value is 0. The molecule has 0 N–H and O–H groups in total. The molecular formula is C68H134. The van der Waals surface area contributed by atoms with Gasteiger partial charge in [0.1, 0.15) is 0 Å². The van der Waals surface area contributed by atoms with Gasteiger partial charge in [0.05, 0.1) is 0 Å². The van der Waals surface area contributed by atoms with E-state index in [1.807, 2.05) is 0 Å². The smallest absolute Gasteiger partial charge is 0.0386 e. The van der Waals surface area contributed by atoms with Gasteiger partial charge in [-0.1, -0.05) is 233 Å². The molecule has 0 aromatic rings. The predicted octanol–water partition coefficient (Wildman–Crippen LogP) is 23.7. The van der Waals surface area contributed by atoms with Crippen LogP contribution in [0.15, 0.2) is 0 Å². The van der Waals surface area contributed by atoms with Gasteiger partial charge in [-0.2, -0.15) is 0 Å². The molecule has 0 spiro atoms. The molecule has 0 heterocycles. The maximum atomic E-state index is 2.47. The van der Waals surface area contributed by atoms with Crippen LogP contribution in [0, 0.1) is 107 Å². The Bertz CT molecular complexity index is 1080. The summed E-state index contributed by atoms with van der Waals surface area (Å²) in [6.45, 7) is 14.7. The molecule has 0 amide bonds. The van der Waals surface area contributed by atoms with E-state index < -0.39 is 0 Å². The van der Waals surface area contributed by atoms with Crippen LogP contribution in [0.5, 0.6) is 0 Å². The van der Waals surface area contributed by atoms with Crippen molar-refractivity contribution in [1.29, 1.82) is 0 Å². The van der Waals surface area contributed by atoms with Gasteiger partial charge < -0.3 is 0 Å². The summed E-state index contributed by atoms with van der Waals surface area (Å²) in [7, 11) is 0. The number of hydrogen-bond acceptors (Lipinski definition) is 0. The molecule has 0 nitrogen and oxygen atoms in total. The van der Waals surface area contributed by atoms with Crippen LogP contribution < -0.4 is 0 Å². The zero-order chi connectivity index (χ0) is 44.0. The summed E-state index contributed by atoms with van der Waals surface area (Å²) >= 11 is 0. The van der Waals surface area contributed by atoms with Crippen LogP contribution in [-0.4, -0.2) is 0 Å². The Morgan fingerprint density at radius 3 is 0.412 bits per heavy atom. The molecule has 9 rings (SSSR count). The molecule has 406 valence electrons. The molecular weight excluding hydrogens is 817 g/mol. The molecule has 0 saturated heterocycles. The van der Waals surface area contributed by atoms with E-state index in [9.17, 15) is 0 Å². The minimum atomic E-state index is 0. The summed E-state index contributed by atoms with van der Waals surface area (Å²) in [6.07, 6.45) is 60.4. The molecule has 0 heteroatoms. The summed E-state index contributed by atoms with van der Waals surface area (Å²) in [5.74, 6) is 19.4. The van der Waals surface area contributed by atoms with Gasteiger partial charge >= 0.3 is 0 Å². The Balaban J connectivity index is 0.000000350. The standard InChI is InChI=1S/C27H48.C21H38.C15H28.5CH4/c1-20-3-11-24(12-4-20)26-15-7-22(8-16-26)19-23-9-17-27(18-10-23)25-13-5-21(2)6-14-25;1-16-3-7-18(8-4-16)15-19-9-13-21(14-10-19)20-11-5-17(2)6-12-20;1-12-3-7-14(8-4-12)11-15-9-5-13(2)6-10-15;;;;;/h20-27H,3-19H2,1-2H3;16-21H,3-15H2,1-2H3;12-15H,3-11H2,1-2H3;5*1H4. The lowest BCUT2D eigenvalue weighted by Gasteiger charge is -2.40. The maximum Gasteiger partial charge on any atom is -0.0386 e. The van der Waals surface area contributed by atoms with Crippen LogP contribution >= 0.6 is 0 Å². The summed E-state index contributed by atoms with van der Waals surface area (Å²) in [5.41, 5.74) is 0. The van der Waals surface area contributed by atoms with E-state index in [1.54, 1.807) is 148 Å². The predicted molar refractivity (Wildman–Crippen MR) is 311 cm³/mol. The second-order valence-corrected chi connectivity index (χ2v) is 27.5. The van der Waals surface area contributed by atoms with Crippen molar-refractivity contribution in [2.75, 3.05) is 0 Å². The minimum absolute atomic E-state index is 0. The first-order valence-electron chi connectivity index (χ1n) is 30.6. The van der Waals surface area contributed by atoms with Gasteiger partial charge in [-0.25, -0.2) is 0 Å². The Morgan fingerprint density at radius 1 is 0.162 bits per heavy atom. The van der Waals surface area contributed by atoms with Crippen LogP contribution in [0.25, 0.3) is 0 Å². The van der Waals surface area contributed by atoms with Gasteiger partial charge in [0.15, 0.2) is 0 Å². The highest BCUT2D eigenvalue weighted by atomic mass is 14.4. The molecule has 9 aliphatic carbocycles. The van der Waals surface area contributed by atoms with Crippen molar-refractivity contribution in [3.8, 4) is 0 Å². The molecule has 0 unspecified atom stereocenters. The Kier molecular flexibility index (Phi) is 31.8. The zero-order valence-electron chi connectivity index (χ0n) is 44.0. The van der Waals surface area contributed by atoms with E-state index in [0.717, 1.165) is 107 Å². The third kappa shape index (κ3) is 21.5. The van der Waals surface area contributed by atoms with Crippen LogP contribution in [0.3, 0.4) is 0 Å². The van der Waals surface area contributed by atoms with Crippen molar-refractivity contribution < 1.29 is 0 Å². The van der Waals surface area contributed by atoms with Gasteiger partial charge in [0.25, 0.3) is 0 Å². The summed E-state index contributed by atoms with van der Waals surface area (Å²) in [5, 5.41) is 0. The van der Waals surface area contributed by atoms with Gasteiger partial charge in [0, 0.05) is 0 Å². The SMILES string of the molecule is C.C.C.C.C.CC1CCC(C2CCC(CC3CCC(C4CCC(C)CC4)CC3)CC2)CC1.CC1CCC(CC2CCC(C)CC2)CC1.CC1CCC(CC2CCC(C3CCC(C)CC3)CC2)CC1. The molecule has 0 radical (unpaired) electrons. The van der Waals surface area contributed by atoms with Crippen molar-refractivity contribution in [3.05, 3.63) is 0 Å². The zero-order valence-corrected chi connectivity index (χ0v) is 44.0. The highest BCUT2D eigenvalue weighted by Gasteiger charge is 2.35. The molecule has 0 aromatic heterocycles. The topological polar surface area (TPSA) is 0 Å². The molecule has 0 aliphatic heterocycles. The van der Waals surface area contributed by atoms with E-state index in [-0.39, 0.29) is 37.1 Å². The normalized spacial score (nSPS) is 42.1. The fraction of sp³-hybridized carbons (Fsp3) is 1.00. The number of rotatable bonds is 9. The average Bonchev–Trinajstić information content (AvgIpc) is 3.31. The summed E-state index contributed by atoms with van der Waals surface area (Å²) < 4.78 is 0. The van der Waals surface area contributed by atoms with Gasteiger partial charge in [0.2, 0.25) is 0 Å². The molecule has 68 heavy (non-hydrogen) atoms. The molecule has 0 aromatic carbocycles. The van der Waals surface area contributed by atoms with Crippen molar-refractivity contribution >= 4 is 0 Å². The van der Waals surface area contributed by atoms with Crippen molar-refractivity contribution in [2.45, 2.75) is 329 Å². The molecule has 9 saturated carbocycles. The number of hydrogen-bond donors (Lipinski definition) is 0. The quantitative estimate of drug-likeness (QED) is 0.216. The fourth-order valence-electron chi connectivity index (χ4n) is 17.1. The van der Waals surface area contributed by atoms with Gasteiger partial charge in [-0.05, 0) is 203 Å². The highest BCUT2D eigenvalue weighted by molar-refractivity contribution is 4.87. The van der Waals surface area contributed by atoms with E-state index in [2.05, 4.69) is 41.5 Å². The van der Waals surface area contributed by atoms with Crippen molar-refractivity contribution in [2.24, 2.45) is 107 Å². The molecule has 0 atom stereocenters. The Labute approximate surface area is 433 Å². The van der Waals surface area contributed by atoms with E-state index in [0.29, 0.717) is 0 Å². The van der Waals surface area contributed by atoms with Crippen LogP contribution in [0.4, 0.5) is 0 Å². The highest BCUT2D eigenvalue weighted by Crippen LogP contribution is 2.47. The average molecular weight is 952 g/mol. The lowest BCUT2D eigenvalue weighted by Crippen LogP contribution is -2.28. The first-order chi connectivity index (χ1) is 30.6. The lowest BCUT2D eigenvalue weighted by atomic mass is 9.66. The van der Waals surface area contributed by atoms with Crippen LogP contribution in [0.1, 0.15) is 329 Å². The summed E-state index contributed by atoms with van der Waals surface area (Å²) in [6, 6.07) is 0. The molecule has 9 fully saturated rings. The first kappa shape index (κ1) is 64.1. The van der Waals surface area contributed by atoms with Gasteiger partial charge in [-0.15, -0.1) is 0 Å². The van der Waals surface area contributed by atoms with E-state index in [4.69, 9.17) is 0 Å². The molecule has 9 aliphatic rings. The van der Waals surface area contributed by atoms with Gasteiger partial charge in [-0.3, -0.25) is 0 Å². The monoisotopic (exact) mass is 951 g/mol. The lowest BCUT2D eigenvalue weighted by molar-refractivity contribution is 0.117.